The van der Waals surface area contributed by atoms with Gasteiger partial charge in [-0.05, 0) is 30.2 Å². The Morgan fingerprint density at radius 1 is 1.20 bits per heavy atom. The molecule has 0 saturated carbocycles. The van der Waals surface area contributed by atoms with Gasteiger partial charge in [-0.2, -0.15) is 0 Å². The predicted molar refractivity (Wildman–Crippen MR) is 84.0 cm³/mol. The Labute approximate surface area is 124 Å². The number of hydrogen-bond acceptors (Lipinski definition) is 1. The van der Waals surface area contributed by atoms with Gasteiger partial charge in [0.1, 0.15) is 0 Å². The minimum Gasteiger partial charge on any atom is -0.343 e. The minimum atomic E-state index is 0.0750. The van der Waals surface area contributed by atoms with Crippen LogP contribution in [0.5, 0.6) is 0 Å². The van der Waals surface area contributed by atoms with Crippen LogP contribution in [0.4, 0.5) is 0 Å². The summed E-state index contributed by atoms with van der Waals surface area (Å²) >= 11 is 0. The van der Waals surface area contributed by atoms with Gasteiger partial charge in [-0.3, -0.25) is 4.79 Å². The fourth-order valence-electron chi connectivity index (χ4n) is 3.31. The average Bonchev–Trinajstić information content (AvgIpc) is 2.46. The summed E-state index contributed by atoms with van der Waals surface area (Å²) in [7, 11) is 6.09. The lowest BCUT2D eigenvalue weighted by Crippen LogP contribution is -2.38. The van der Waals surface area contributed by atoms with Crippen molar-refractivity contribution in [2.75, 3.05) is 13.1 Å². The molecule has 1 aliphatic heterocycles. The van der Waals surface area contributed by atoms with Gasteiger partial charge in [-0.1, -0.05) is 49.5 Å². The first-order valence-electron chi connectivity index (χ1n) is 7.60. The molecule has 3 heteroatoms. The molecule has 2 unspecified atom stereocenters. The topological polar surface area (TPSA) is 20.3 Å². The molecule has 106 valence electrons. The van der Waals surface area contributed by atoms with E-state index in [1.807, 2.05) is 11.8 Å². The molecule has 0 aliphatic carbocycles. The van der Waals surface area contributed by atoms with Gasteiger partial charge < -0.3 is 4.90 Å². The van der Waals surface area contributed by atoms with Crippen LogP contribution in [-0.2, 0) is 4.79 Å². The summed E-state index contributed by atoms with van der Waals surface area (Å²) < 4.78 is 0. The molecule has 0 N–H and O–H groups in total. The van der Waals surface area contributed by atoms with Gasteiger partial charge in [0.05, 0.1) is 7.85 Å². The third kappa shape index (κ3) is 3.25. The van der Waals surface area contributed by atoms with Crippen LogP contribution in [0.25, 0.3) is 0 Å². The van der Waals surface area contributed by atoms with Crippen LogP contribution in [0, 0.1) is 5.92 Å². The van der Waals surface area contributed by atoms with Crippen molar-refractivity contribution >= 4 is 13.8 Å². The second kappa shape index (κ2) is 6.47. The van der Waals surface area contributed by atoms with Gasteiger partial charge in [-0.15, -0.1) is 0 Å². The number of carbonyl (C=O) groups is 1. The Kier molecular flexibility index (Phi) is 4.90. The fraction of sp³-hybridized carbons (Fsp3) is 0.588. The number of hydrogen-bond donors (Lipinski definition) is 0. The van der Waals surface area contributed by atoms with Crippen LogP contribution in [0.1, 0.15) is 56.5 Å². The first-order valence-corrected chi connectivity index (χ1v) is 7.60. The lowest BCUT2D eigenvalue weighted by Gasteiger charge is -2.35. The number of piperidine rings is 1. The number of nitrogens with zero attached hydrogens (tertiary/aromatic N) is 1. The van der Waals surface area contributed by atoms with Crippen molar-refractivity contribution in [2.24, 2.45) is 5.92 Å². The Bertz CT molecular complexity index is 464. The van der Waals surface area contributed by atoms with Crippen molar-refractivity contribution < 1.29 is 4.79 Å². The SMILES string of the molecule is [B]C(C)c1ccccc1C(C)C1CCN(C(C)=O)CC1. The van der Waals surface area contributed by atoms with Gasteiger partial charge in [0.25, 0.3) is 0 Å². The van der Waals surface area contributed by atoms with Gasteiger partial charge in [0, 0.05) is 20.0 Å². The molecule has 1 heterocycles. The standard InChI is InChI=1S/C17H24BNO/c1-12(15-8-10-19(11-9-15)14(3)20)16-6-4-5-7-17(16)13(2)18/h4-7,12-13,15H,8-11H2,1-3H3. The molecule has 1 aromatic rings. The number of amides is 1. The maximum atomic E-state index is 11.4. The second-order valence-corrected chi connectivity index (χ2v) is 6.05. The highest BCUT2D eigenvalue weighted by atomic mass is 16.2. The zero-order chi connectivity index (χ0) is 14.7. The second-order valence-electron chi connectivity index (χ2n) is 6.05. The summed E-state index contributed by atoms with van der Waals surface area (Å²) in [5.74, 6) is 1.43. The van der Waals surface area contributed by atoms with E-state index in [1.54, 1.807) is 6.92 Å². The molecule has 2 nitrogen and oxygen atoms in total. The van der Waals surface area contributed by atoms with Gasteiger partial charge >= 0.3 is 0 Å². The summed E-state index contributed by atoms with van der Waals surface area (Å²) in [5, 5.41) is 0. The van der Waals surface area contributed by atoms with Crippen molar-refractivity contribution in [1.29, 1.82) is 0 Å². The predicted octanol–water partition coefficient (Wildman–Crippen LogP) is 3.28. The van der Waals surface area contributed by atoms with Crippen LogP contribution in [0.3, 0.4) is 0 Å². The summed E-state index contributed by atoms with van der Waals surface area (Å²) in [6, 6.07) is 8.51. The fourth-order valence-corrected chi connectivity index (χ4v) is 3.31. The molecule has 1 aliphatic rings. The van der Waals surface area contributed by atoms with Gasteiger partial charge in [0.15, 0.2) is 0 Å². The largest absolute Gasteiger partial charge is 0.343 e. The maximum absolute atomic E-state index is 11.4. The zero-order valence-electron chi connectivity index (χ0n) is 12.8. The van der Waals surface area contributed by atoms with Crippen LogP contribution in [-0.4, -0.2) is 31.7 Å². The molecule has 0 bridgehead atoms. The van der Waals surface area contributed by atoms with E-state index in [0.717, 1.165) is 25.9 Å². The van der Waals surface area contributed by atoms with Crippen LogP contribution >= 0.6 is 0 Å². The monoisotopic (exact) mass is 269 g/mol. The summed E-state index contributed by atoms with van der Waals surface area (Å²) in [5.41, 5.74) is 2.64. The molecule has 1 saturated heterocycles. The Balaban J connectivity index is 2.09. The Morgan fingerprint density at radius 3 is 2.25 bits per heavy atom. The molecule has 0 spiro atoms. The molecule has 2 rings (SSSR count). The summed E-state index contributed by atoms with van der Waals surface area (Å²) in [6.07, 6.45) is 2.18. The van der Waals surface area contributed by atoms with Crippen LogP contribution in [0.2, 0.25) is 0 Å². The lowest BCUT2D eigenvalue weighted by atomic mass is 9.74. The van der Waals surface area contributed by atoms with E-state index in [9.17, 15) is 4.79 Å². The average molecular weight is 269 g/mol. The van der Waals surface area contributed by atoms with E-state index in [0.29, 0.717) is 11.8 Å². The Hall–Kier alpha value is -1.25. The molecule has 1 amide bonds. The van der Waals surface area contributed by atoms with E-state index in [-0.39, 0.29) is 11.7 Å². The quantitative estimate of drug-likeness (QED) is 0.771. The smallest absolute Gasteiger partial charge is 0.219 e. The number of benzene rings is 1. The van der Waals surface area contributed by atoms with Crippen molar-refractivity contribution in [1.82, 2.24) is 4.90 Å². The van der Waals surface area contributed by atoms with Crippen molar-refractivity contribution in [3.8, 4) is 0 Å². The normalized spacial score (nSPS) is 19.6. The molecular formula is C17H24BNO. The van der Waals surface area contributed by atoms with Crippen molar-refractivity contribution in [2.45, 2.75) is 45.3 Å². The lowest BCUT2D eigenvalue weighted by molar-refractivity contribution is -0.130. The number of likely N-dealkylation sites (tertiary alicyclic amines) is 1. The highest BCUT2D eigenvalue weighted by Gasteiger charge is 2.27. The van der Waals surface area contributed by atoms with Gasteiger partial charge in [-0.25, -0.2) is 0 Å². The molecule has 1 aromatic carbocycles. The molecule has 2 radical (unpaired) electrons. The molecular weight excluding hydrogens is 245 g/mol. The third-order valence-electron chi connectivity index (χ3n) is 4.67. The Morgan fingerprint density at radius 2 is 1.75 bits per heavy atom. The summed E-state index contributed by atoms with van der Waals surface area (Å²) in [4.78, 5) is 13.4. The number of rotatable bonds is 3. The highest BCUT2D eigenvalue weighted by molar-refractivity contribution is 6.12. The van der Waals surface area contributed by atoms with E-state index in [1.165, 1.54) is 11.1 Å². The molecule has 0 aromatic heterocycles. The van der Waals surface area contributed by atoms with E-state index >= 15 is 0 Å². The minimum absolute atomic E-state index is 0.0750. The molecule has 20 heavy (non-hydrogen) atoms. The van der Waals surface area contributed by atoms with E-state index in [2.05, 4.69) is 31.2 Å². The van der Waals surface area contributed by atoms with Crippen molar-refractivity contribution in [3.05, 3.63) is 35.4 Å². The van der Waals surface area contributed by atoms with Gasteiger partial charge in [0.2, 0.25) is 5.91 Å². The third-order valence-corrected chi connectivity index (χ3v) is 4.67. The summed E-state index contributed by atoms with van der Waals surface area (Å²) in [6.45, 7) is 7.80. The highest BCUT2D eigenvalue weighted by Crippen LogP contribution is 2.35. The van der Waals surface area contributed by atoms with Crippen molar-refractivity contribution in [3.63, 3.8) is 0 Å². The molecule has 2 atom stereocenters. The zero-order valence-corrected chi connectivity index (χ0v) is 12.8. The van der Waals surface area contributed by atoms with Crippen LogP contribution in [0.15, 0.2) is 24.3 Å². The first-order chi connectivity index (χ1) is 9.50. The van der Waals surface area contributed by atoms with E-state index in [4.69, 9.17) is 7.85 Å². The first kappa shape index (κ1) is 15.1. The van der Waals surface area contributed by atoms with E-state index < -0.39 is 0 Å². The van der Waals surface area contributed by atoms with Crippen LogP contribution < -0.4 is 0 Å². The molecule has 1 fully saturated rings. The number of carbonyl (C=O) groups excluding carboxylic acids is 1. The maximum Gasteiger partial charge on any atom is 0.219 e.